The second-order valence-corrected chi connectivity index (χ2v) is 4.46. The van der Waals surface area contributed by atoms with Gasteiger partial charge in [-0.05, 0) is 33.1 Å². The molecule has 0 saturated carbocycles. The first kappa shape index (κ1) is 11.3. The topological polar surface area (TPSA) is 12.0 Å². The summed E-state index contributed by atoms with van der Waals surface area (Å²) in [6.45, 7) is 12.1. The van der Waals surface area contributed by atoms with Gasteiger partial charge in [-0.3, -0.25) is 0 Å². The molecule has 1 rings (SSSR count). The molecule has 0 aliphatic carbocycles. The van der Waals surface area contributed by atoms with Crippen LogP contribution in [0.2, 0.25) is 0 Å². The van der Waals surface area contributed by atoms with Crippen molar-refractivity contribution in [3.63, 3.8) is 0 Å². The van der Waals surface area contributed by atoms with Crippen molar-refractivity contribution in [2.75, 3.05) is 0 Å². The van der Waals surface area contributed by atoms with E-state index in [1.165, 1.54) is 11.1 Å². The number of nitrogens with one attached hydrogen (secondary N) is 1. The second-order valence-electron chi connectivity index (χ2n) is 4.46. The standard InChI is InChI=1S/C13H21N/c1-10(2)8-12-6-5-7-13(14-12)9-11(3)4/h5-6,12-14H,1,3,7-9H2,2,4H3. The first-order chi connectivity index (χ1) is 6.58. The Labute approximate surface area is 87.6 Å². The molecular formula is C13H21N. The highest BCUT2D eigenvalue weighted by Gasteiger charge is 2.16. The molecule has 1 N–H and O–H groups in total. The average molecular weight is 191 g/mol. The van der Waals surface area contributed by atoms with Crippen molar-refractivity contribution in [1.82, 2.24) is 5.32 Å². The summed E-state index contributed by atoms with van der Waals surface area (Å²) in [6, 6.07) is 1.05. The molecule has 0 aromatic heterocycles. The van der Waals surface area contributed by atoms with Gasteiger partial charge in [0.2, 0.25) is 0 Å². The lowest BCUT2D eigenvalue weighted by molar-refractivity contribution is 0.445. The molecule has 0 fully saturated rings. The van der Waals surface area contributed by atoms with Crippen molar-refractivity contribution in [2.24, 2.45) is 0 Å². The van der Waals surface area contributed by atoms with Gasteiger partial charge in [0.25, 0.3) is 0 Å². The third kappa shape index (κ3) is 3.93. The monoisotopic (exact) mass is 191 g/mol. The average Bonchev–Trinajstić information content (AvgIpc) is 2.01. The van der Waals surface area contributed by atoms with Crippen molar-refractivity contribution in [1.29, 1.82) is 0 Å². The van der Waals surface area contributed by atoms with E-state index in [-0.39, 0.29) is 0 Å². The molecule has 0 bridgehead atoms. The Morgan fingerprint density at radius 3 is 2.50 bits per heavy atom. The second kappa shape index (κ2) is 5.16. The lowest BCUT2D eigenvalue weighted by Crippen LogP contribution is -2.39. The van der Waals surface area contributed by atoms with Crippen LogP contribution in [0.5, 0.6) is 0 Å². The molecule has 14 heavy (non-hydrogen) atoms. The lowest BCUT2D eigenvalue weighted by Gasteiger charge is -2.27. The summed E-state index contributed by atoms with van der Waals surface area (Å²) in [5.74, 6) is 0. The molecule has 78 valence electrons. The minimum absolute atomic E-state index is 0.477. The summed E-state index contributed by atoms with van der Waals surface area (Å²) in [7, 11) is 0. The van der Waals surface area contributed by atoms with Gasteiger partial charge in [-0.1, -0.05) is 23.3 Å². The smallest absolute Gasteiger partial charge is 0.0289 e. The molecule has 0 radical (unpaired) electrons. The first-order valence-corrected chi connectivity index (χ1v) is 5.29. The van der Waals surface area contributed by atoms with Crippen LogP contribution in [-0.4, -0.2) is 12.1 Å². The zero-order chi connectivity index (χ0) is 10.6. The molecule has 1 heterocycles. The van der Waals surface area contributed by atoms with E-state index in [0.29, 0.717) is 12.1 Å². The highest BCUT2D eigenvalue weighted by Crippen LogP contribution is 2.15. The molecule has 0 amide bonds. The maximum atomic E-state index is 3.95. The number of hydrogen-bond acceptors (Lipinski definition) is 1. The third-order valence-corrected chi connectivity index (χ3v) is 2.40. The van der Waals surface area contributed by atoms with Gasteiger partial charge in [0, 0.05) is 12.1 Å². The molecule has 1 heteroatoms. The highest BCUT2D eigenvalue weighted by molar-refractivity contribution is 5.09. The SMILES string of the molecule is C=C(C)CC1C=CCC(CC(=C)C)N1. The van der Waals surface area contributed by atoms with E-state index in [1.54, 1.807) is 0 Å². The van der Waals surface area contributed by atoms with Gasteiger partial charge in [0.15, 0.2) is 0 Å². The van der Waals surface area contributed by atoms with Crippen LogP contribution in [0.15, 0.2) is 36.5 Å². The van der Waals surface area contributed by atoms with Gasteiger partial charge in [-0.2, -0.15) is 0 Å². The van der Waals surface area contributed by atoms with Gasteiger partial charge in [0.05, 0.1) is 0 Å². The molecule has 0 spiro atoms. The molecule has 1 nitrogen and oxygen atoms in total. The molecular weight excluding hydrogens is 170 g/mol. The summed E-state index contributed by atoms with van der Waals surface area (Å²) in [5.41, 5.74) is 2.50. The maximum absolute atomic E-state index is 3.95. The van der Waals surface area contributed by atoms with Gasteiger partial charge in [-0.25, -0.2) is 0 Å². The Kier molecular flexibility index (Phi) is 4.15. The highest BCUT2D eigenvalue weighted by atomic mass is 14.9. The molecule has 0 aromatic rings. The Morgan fingerprint density at radius 1 is 1.29 bits per heavy atom. The predicted molar refractivity (Wildman–Crippen MR) is 63.3 cm³/mol. The van der Waals surface area contributed by atoms with E-state index >= 15 is 0 Å². The van der Waals surface area contributed by atoms with Crippen molar-refractivity contribution in [3.05, 3.63) is 36.5 Å². The van der Waals surface area contributed by atoms with Crippen LogP contribution in [0.25, 0.3) is 0 Å². The summed E-state index contributed by atoms with van der Waals surface area (Å²) < 4.78 is 0. The van der Waals surface area contributed by atoms with Crippen LogP contribution in [0.1, 0.15) is 33.1 Å². The largest absolute Gasteiger partial charge is 0.307 e. The van der Waals surface area contributed by atoms with Crippen LogP contribution < -0.4 is 5.32 Å². The Balaban J connectivity index is 2.43. The Bertz CT molecular complexity index is 250. The number of hydrogen-bond donors (Lipinski definition) is 1. The zero-order valence-electron chi connectivity index (χ0n) is 9.34. The van der Waals surface area contributed by atoms with Crippen molar-refractivity contribution in [3.8, 4) is 0 Å². The van der Waals surface area contributed by atoms with Crippen LogP contribution in [0.3, 0.4) is 0 Å². The molecule has 2 unspecified atom stereocenters. The van der Waals surface area contributed by atoms with Gasteiger partial charge in [0.1, 0.15) is 0 Å². The molecule has 1 aliphatic rings. The normalized spacial score (nSPS) is 26.1. The van der Waals surface area contributed by atoms with E-state index in [9.17, 15) is 0 Å². The minimum atomic E-state index is 0.477. The van der Waals surface area contributed by atoms with Gasteiger partial charge in [-0.15, -0.1) is 13.2 Å². The van der Waals surface area contributed by atoms with E-state index < -0.39 is 0 Å². The molecule has 0 aromatic carbocycles. The van der Waals surface area contributed by atoms with Gasteiger partial charge < -0.3 is 5.32 Å². The minimum Gasteiger partial charge on any atom is -0.307 e. The van der Waals surface area contributed by atoms with Crippen LogP contribution in [-0.2, 0) is 0 Å². The van der Waals surface area contributed by atoms with Crippen molar-refractivity contribution < 1.29 is 0 Å². The van der Waals surface area contributed by atoms with E-state index in [2.05, 4.69) is 44.5 Å². The number of rotatable bonds is 4. The molecule has 2 atom stereocenters. The van der Waals surface area contributed by atoms with Crippen molar-refractivity contribution in [2.45, 2.75) is 45.2 Å². The molecule has 0 saturated heterocycles. The first-order valence-electron chi connectivity index (χ1n) is 5.29. The van der Waals surface area contributed by atoms with Crippen LogP contribution in [0, 0.1) is 0 Å². The quantitative estimate of drug-likeness (QED) is 0.673. The van der Waals surface area contributed by atoms with E-state index in [0.717, 1.165) is 19.3 Å². The van der Waals surface area contributed by atoms with Crippen LogP contribution >= 0.6 is 0 Å². The fraction of sp³-hybridized carbons (Fsp3) is 0.538. The summed E-state index contributed by atoms with van der Waals surface area (Å²) in [6.07, 6.45) is 7.78. The van der Waals surface area contributed by atoms with E-state index in [1.807, 2.05) is 0 Å². The zero-order valence-corrected chi connectivity index (χ0v) is 9.34. The van der Waals surface area contributed by atoms with Crippen molar-refractivity contribution >= 4 is 0 Å². The van der Waals surface area contributed by atoms with Gasteiger partial charge >= 0.3 is 0 Å². The van der Waals surface area contributed by atoms with E-state index in [4.69, 9.17) is 0 Å². The lowest BCUT2D eigenvalue weighted by atomic mass is 9.97. The fourth-order valence-electron chi connectivity index (χ4n) is 1.90. The Morgan fingerprint density at radius 2 is 1.93 bits per heavy atom. The summed E-state index contributed by atoms with van der Waals surface area (Å²) in [4.78, 5) is 0. The van der Waals surface area contributed by atoms with Crippen LogP contribution in [0.4, 0.5) is 0 Å². The summed E-state index contributed by atoms with van der Waals surface area (Å²) >= 11 is 0. The Hall–Kier alpha value is -0.820. The predicted octanol–water partition coefficient (Wildman–Crippen LogP) is 3.21. The third-order valence-electron chi connectivity index (χ3n) is 2.40. The summed E-state index contributed by atoms with van der Waals surface area (Å²) in [5, 5.41) is 3.61. The fourth-order valence-corrected chi connectivity index (χ4v) is 1.90. The maximum Gasteiger partial charge on any atom is 0.0289 e. The molecule has 1 aliphatic heterocycles.